The van der Waals surface area contributed by atoms with Gasteiger partial charge in [-0.15, -0.1) is 0 Å². The van der Waals surface area contributed by atoms with Crippen LogP contribution in [0.15, 0.2) is 127 Å². The first-order valence-corrected chi connectivity index (χ1v) is 19.8. The molecule has 0 saturated carbocycles. The Morgan fingerprint density at radius 2 is 1.05 bits per heavy atom. The highest BCUT2D eigenvalue weighted by Gasteiger charge is 2.47. The largest absolute Gasteiger partial charge is 0.319 e. The molecule has 5 heteroatoms. The number of aromatic nitrogens is 2. The zero-order chi connectivity index (χ0) is 38.6. The van der Waals surface area contributed by atoms with Gasteiger partial charge in [-0.25, -0.2) is 4.98 Å². The molecule has 7 aromatic rings. The van der Waals surface area contributed by atoms with E-state index >= 15 is 0 Å². The zero-order valence-electron chi connectivity index (χ0n) is 34.0. The Morgan fingerprint density at radius 1 is 0.509 bits per heavy atom. The summed E-state index contributed by atoms with van der Waals surface area (Å²) < 4.78 is 2.52. The fourth-order valence-electron chi connectivity index (χ4n) is 8.75. The van der Waals surface area contributed by atoms with Gasteiger partial charge in [-0.1, -0.05) is 135 Å². The molecule has 0 fully saturated rings. The van der Waals surface area contributed by atoms with Crippen molar-refractivity contribution in [2.45, 2.75) is 85.5 Å². The molecular weight excluding hydrogens is 667 g/mol. The van der Waals surface area contributed by atoms with Crippen molar-refractivity contribution in [2.75, 3.05) is 9.80 Å². The molecule has 2 aliphatic rings. The van der Waals surface area contributed by atoms with Crippen LogP contribution in [-0.4, -0.2) is 16.3 Å². The molecule has 2 aromatic heterocycles. The second-order valence-corrected chi connectivity index (χ2v) is 18.7. The molecule has 9 rings (SSSR count). The van der Waals surface area contributed by atoms with Gasteiger partial charge in [0.15, 0.2) is 0 Å². The predicted octanol–water partition coefficient (Wildman–Crippen LogP) is 11.3. The molecule has 0 radical (unpaired) electrons. The van der Waals surface area contributed by atoms with Gasteiger partial charge in [0, 0.05) is 45.1 Å². The first kappa shape index (κ1) is 35.2. The highest BCUT2D eigenvalue weighted by atomic mass is 15.2. The molecule has 4 heterocycles. The second kappa shape index (κ2) is 12.2. The first-order valence-electron chi connectivity index (χ1n) is 19.8. The molecule has 0 atom stereocenters. The van der Waals surface area contributed by atoms with Crippen molar-refractivity contribution in [1.82, 2.24) is 9.55 Å². The Balaban J connectivity index is 1.42. The van der Waals surface area contributed by atoms with Crippen molar-refractivity contribution in [3.63, 3.8) is 0 Å². The molecular formula is C50H51BN4. The maximum Gasteiger partial charge on any atom is 0.275 e. The monoisotopic (exact) mass is 718 g/mol. The third kappa shape index (κ3) is 5.62. The minimum absolute atomic E-state index is 0.0328. The maximum atomic E-state index is 5.52. The van der Waals surface area contributed by atoms with Crippen LogP contribution in [0.3, 0.4) is 0 Å². The van der Waals surface area contributed by atoms with E-state index in [1.54, 1.807) is 0 Å². The number of nitrogens with zero attached hydrogens (tertiary/aromatic N) is 4. The normalized spacial score (nSPS) is 13.9. The average molecular weight is 719 g/mol. The van der Waals surface area contributed by atoms with Crippen LogP contribution in [0.1, 0.15) is 84.7 Å². The van der Waals surface area contributed by atoms with Crippen molar-refractivity contribution in [2.24, 2.45) is 0 Å². The fourth-order valence-corrected chi connectivity index (χ4v) is 8.75. The van der Waals surface area contributed by atoms with Crippen molar-refractivity contribution in [1.29, 1.82) is 0 Å². The molecule has 4 nitrogen and oxygen atoms in total. The number of anilines is 6. The Morgan fingerprint density at radius 3 is 1.65 bits per heavy atom. The van der Waals surface area contributed by atoms with Crippen LogP contribution in [0.25, 0.3) is 16.6 Å². The lowest BCUT2D eigenvalue weighted by atomic mass is 9.35. The van der Waals surface area contributed by atoms with Gasteiger partial charge >= 0.3 is 0 Å². The van der Waals surface area contributed by atoms with E-state index in [4.69, 9.17) is 4.98 Å². The van der Waals surface area contributed by atoms with Crippen molar-refractivity contribution >= 4 is 68.4 Å². The van der Waals surface area contributed by atoms with E-state index in [9.17, 15) is 0 Å². The van der Waals surface area contributed by atoms with Gasteiger partial charge in [-0.05, 0) is 105 Å². The van der Waals surface area contributed by atoms with E-state index < -0.39 is 0 Å². The summed E-state index contributed by atoms with van der Waals surface area (Å²) in [7, 11) is 0. The van der Waals surface area contributed by atoms with Gasteiger partial charge in [0.1, 0.15) is 5.82 Å². The zero-order valence-corrected chi connectivity index (χ0v) is 34.0. The standard InChI is InChI=1S/C50H51BN4/c1-32-30-43-44-47(52-32)55(38-27-22-34(23-28-38)49(5,6)7)42-31-35(50(8,9)10)24-29-40(42)51(44)46-45(53(43)37-25-20-33(21-26-37)48(2,3)4)39-18-14-15-19-41(39)54(46)36-16-12-11-13-17-36/h11-31H,1-10H3. The van der Waals surface area contributed by atoms with Crippen LogP contribution >= 0.6 is 0 Å². The van der Waals surface area contributed by atoms with Gasteiger partial charge in [-0.3, -0.25) is 4.90 Å². The summed E-state index contributed by atoms with van der Waals surface area (Å²) in [6.45, 7) is 22.7. The molecule has 0 saturated heterocycles. The van der Waals surface area contributed by atoms with E-state index in [1.807, 2.05) is 0 Å². The summed E-state index contributed by atoms with van der Waals surface area (Å²) in [5.41, 5.74) is 17.0. The molecule has 0 amide bonds. The molecule has 2 aliphatic heterocycles. The topological polar surface area (TPSA) is 24.3 Å². The lowest BCUT2D eigenvalue weighted by Crippen LogP contribution is -2.63. The van der Waals surface area contributed by atoms with E-state index in [2.05, 4.69) is 211 Å². The number of aryl methyl sites for hydroxylation is 1. The summed E-state index contributed by atoms with van der Waals surface area (Å²) >= 11 is 0. The van der Waals surface area contributed by atoms with Crippen LogP contribution in [0.4, 0.5) is 34.3 Å². The number of pyridine rings is 1. The highest BCUT2D eigenvalue weighted by Crippen LogP contribution is 2.47. The van der Waals surface area contributed by atoms with Gasteiger partial charge in [0.2, 0.25) is 0 Å². The number of fused-ring (bicyclic) bond motifs is 6. The minimum Gasteiger partial charge on any atom is -0.319 e. The molecule has 274 valence electrons. The van der Waals surface area contributed by atoms with E-state index in [0.29, 0.717) is 0 Å². The lowest BCUT2D eigenvalue weighted by Gasteiger charge is -2.43. The van der Waals surface area contributed by atoms with Gasteiger partial charge < -0.3 is 9.47 Å². The quantitative estimate of drug-likeness (QED) is 0.170. The first-order chi connectivity index (χ1) is 26.1. The lowest BCUT2D eigenvalue weighted by molar-refractivity contribution is 0.590. The van der Waals surface area contributed by atoms with Crippen LogP contribution in [-0.2, 0) is 16.2 Å². The molecule has 0 bridgehead atoms. The fraction of sp³-hybridized carbons (Fsp3) is 0.260. The van der Waals surface area contributed by atoms with Crippen molar-refractivity contribution in [3.8, 4) is 5.69 Å². The Bertz CT molecular complexity index is 2600. The average Bonchev–Trinajstić information content (AvgIpc) is 3.48. The summed E-state index contributed by atoms with van der Waals surface area (Å²) in [6.07, 6.45) is 0. The Labute approximate surface area is 327 Å². The van der Waals surface area contributed by atoms with Gasteiger partial charge in [0.25, 0.3) is 6.71 Å². The highest BCUT2D eigenvalue weighted by molar-refractivity contribution is 7.00. The third-order valence-corrected chi connectivity index (χ3v) is 11.7. The number of benzene rings is 5. The Kier molecular flexibility index (Phi) is 7.82. The summed E-state index contributed by atoms with van der Waals surface area (Å²) in [5, 5.41) is 1.23. The van der Waals surface area contributed by atoms with Crippen LogP contribution < -0.4 is 26.3 Å². The SMILES string of the molecule is Cc1cc2c3c(n1)N(c1ccc(C(C)(C)C)cc1)c1cc(C(C)(C)C)ccc1B3c1c(c3ccccc3n1-c1ccccc1)N2c1ccc(C(C)(C)C)cc1. The number of para-hydroxylation sites is 2. The minimum atomic E-state index is -0.0695. The molecule has 0 spiro atoms. The molecule has 5 aromatic carbocycles. The van der Waals surface area contributed by atoms with Gasteiger partial charge in [-0.2, -0.15) is 0 Å². The van der Waals surface area contributed by atoms with Gasteiger partial charge in [0.05, 0.1) is 11.2 Å². The molecule has 0 unspecified atom stereocenters. The van der Waals surface area contributed by atoms with Crippen LogP contribution in [0.5, 0.6) is 0 Å². The number of hydrogen-bond donors (Lipinski definition) is 0. The molecule has 55 heavy (non-hydrogen) atoms. The third-order valence-electron chi connectivity index (χ3n) is 11.7. The van der Waals surface area contributed by atoms with Crippen LogP contribution in [0, 0.1) is 6.92 Å². The number of hydrogen-bond acceptors (Lipinski definition) is 3. The van der Waals surface area contributed by atoms with E-state index in [0.717, 1.165) is 28.6 Å². The summed E-state index contributed by atoms with van der Waals surface area (Å²) in [4.78, 5) is 10.5. The molecule has 0 N–H and O–H groups in total. The van der Waals surface area contributed by atoms with Crippen molar-refractivity contribution < 1.29 is 0 Å². The smallest absolute Gasteiger partial charge is 0.275 e. The van der Waals surface area contributed by atoms with E-state index in [-0.39, 0.29) is 23.0 Å². The molecule has 0 aliphatic carbocycles. The number of rotatable bonds is 3. The summed E-state index contributed by atoms with van der Waals surface area (Å²) in [6, 6.07) is 47.8. The predicted molar refractivity (Wildman–Crippen MR) is 236 cm³/mol. The summed E-state index contributed by atoms with van der Waals surface area (Å²) in [5.74, 6) is 0.994. The Hall–Kier alpha value is -5.55. The van der Waals surface area contributed by atoms with Crippen LogP contribution in [0.2, 0.25) is 0 Å². The maximum absolute atomic E-state index is 5.52. The van der Waals surface area contributed by atoms with E-state index in [1.165, 1.54) is 61.2 Å². The van der Waals surface area contributed by atoms with Crippen molar-refractivity contribution in [3.05, 3.63) is 150 Å². The second-order valence-electron chi connectivity index (χ2n) is 18.7.